The monoisotopic (exact) mass is 172 g/mol. The lowest BCUT2D eigenvalue weighted by Crippen LogP contribution is -1.76. The fraction of sp³-hybridized carbons (Fsp3) is 0.231. The second-order valence-corrected chi connectivity index (χ2v) is 3.23. The molecule has 0 saturated carbocycles. The molecule has 1 aromatic carbocycles. The standard InChI is InChI=1S/C13H16/c1-3-4-8-12(2)11-13-9-6-5-7-10-13/h3,5-7,9-11H,1,4,8H2,2H3/b12-11+. The van der Waals surface area contributed by atoms with Crippen molar-refractivity contribution in [2.45, 2.75) is 19.8 Å². The van der Waals surface area contributed by atoms with Crippen molar-refractivity contribution in [3.63, 3.8) is 0 Å². The summed E-state index contributed by atoms with van der Waals surface area (Å²) in [6, 6.07) is 10.4. The van der Waals surface area contributed by atoms with Gasteiger partial charge in [0.2, 0.25) is 0 Å². The second kappa shape index (κ2) is 5.36. The van der Waals surface area contributed by atoms with Crippen molar-refractivity contribution in [3.8, 4) is 0 Å². The molecule has 0 spiro atoms. The van der Waals surface area contributed by atoms with Gasteiger partial charge in [-0.25, -0.2) is 0 Å². The number of rotatable bonds is 4. The lowest BCUT2D eigenvalue weighted by molar-refractivity contribution is 0.989. The highest BCUT2D eigenvalue weighted by atomic mass is 13.9. The Labute approximate surface area is 80.6 Å². The van der Waals surface area contributed by atoms with E-state index in [-0.39, 0.29) is 0 Å². The molecular formula is C13H16. The van der Waals surface area contributed by atoms with E-state index in [4.69, 9.17) is 0 Å². The Hall–Kier alpha value is -1.30. The molecule has 0 radical (unpaired) electrons. The Morgan fingerprint density at radius 2 is 2.00 bits per heavy atom. The lowest BCUT2D eigenvalue weighted by atomic mass is 10.1. The van der Waals surface area contributed by atoms with Gasteiger partial charge in [0.05, 0.1) is 0 Å². The number of benzene rings is 1. The molecule has 0 aliphatic carbocycles. The zero-order valence-electron chi connectivity index (χ0n) is 8.16. The topological polar surface area (TPSA) is 0 Å². The van der Waals surface area contributed by atoms with Crippen molar-refractivity contribution in [2.75, 3.05) is 0 Å². The Balaban J connectivity index is 2.60. The van der Waals surface area contributed by atoms with Crippen LogP contribution < -0.4 is 0 Å². The van der Waals surface area contributed by atoms with E-state index in [1.54, 1.807) is 0 Å². The van der Waals surface area contributed by atoms with Crippen LogP contribution in [-0.2, 0) is 0 Å². The molecule has 1 rings (SSSR count). The van der Waals surface area contributed by atoms with E-state index in [1.165, 1.54) is 11.1 Å². The third kappa shape index (κ3) is 3.75. The Kier molecular flexibility index (Phi) is 4.04. The van der Waals surface area contributed by atoms with Crippen LogP contribution in [0.1, 0.15) is 25.3 Å². The molecular weight excluding hydrogens is 156 g/mol. The summed E-state index contributed by atoms with van der Waals surface area (Å²) < 4.78 is 0. The first kappa shape index (κ1) is 9.79. The maximum Gasteiger partial charge on any atom is -0.0257 e. The van der Waals surface area contributed by atoms with Gasteiger partial charge in [0.25, 0.3) is 0 Å². The van der Waals surface area contributed by atoms with Crippen molar-refractivity contribution < 1.29 is 0 Å². The summed E-state index contributed by atoms with van der Waals surface area (Å²) in [5, 5.41) is 0. The van der Waals surface area contributed by atoms with Gasteiger partial charge in [-0.05, 0) is 25.3 Å². The highest BCUT2D eigenvalue weighted by Crippen LogP contribution is 2.10. The van der Waals surface area contributed by atoms with Crippen LogP contribution in [-0.4, -0.2) is 0 Å². The van der Waals surface area contributed by atoms with E-state index in [2.05, 4.69) is 43.8 Å². The lowest BCUT2D eigenvalue weighted by Gasteiger charge is -1.98. The molecule has 0 unspecified atom stereocenters. The van der Waals surface area contributed by atoms with Gasteiger partial charge in [-0.1, -0.05) is 48.1 Å². The summed E-state index contributed by atoms with van der Waals surface area (Å²) in [5.74, 6) is 0. The average molecular weight is 172 g/mol. The Bertz CT molecular complexity index is 280. The molecule has 0 atom stereocenters. The Morgan fingerprint density at radius 1 is 1.31 bits per heavy atom. The van der Waals surface area contributed by atoms with E-state index in [0.717, 1.165) is 12.8 Å². The first-order valence-electron chi connectivity index (χ1n) is 4.66. The molecule has 0 aliphatic heterocycles. The van der Waals surface area contributed by atoms with Crippen molar-refractivity contribution >= 4 is 6.08 Å². The molecule has 0 fully saturated rings. The number of hydrogen-bond acceptors (Lipinski definition) is 0. The largest absolute Gasteiger partial charge is 0.103 e. The van der Waals surface area contributed by atoms with Gasteiger partial charge in [-0.3, -0.25) is 0 Å². The van der Waals surface area contributed by atoms with Gasteiger partial charge in [0, 0.05) is 0 Å². The fourth-order valence-corrected chi connectivity index (χ4v) is 1.24. The van der Waals surface area contributed by atoms with Gasteiger partial charge in [0.1, 0.15) is 0 Å². The quantitative estimate of drug-likeness (QED) is 0.601. The third-order valence-corrected chi connectivity index (χ3v) is 1.96. The van der Waals surface area contributed by atoms with Crippen LogP contribution in [0.4, 0.5) is 0 Å². The van der Waals surface area contributed by atoms with Crippen LogP contribution in [0, 0.1) is 0 Å². The molecule has 0 aliphatic rings. The van der Waals surface area contributed by atoms with Crippen LogP contribution >= 0.6 is 0 Å². The van der Waals surface area contributed by atoms with Gasteiger partial charge < -0.3 is 0 Å². The Morgan fingerprint density at radius 3 is 2.62 bits per heavy atom. The van der Waals surface area contributed by atoms with Crippen LogP contribution in [0.5, 0.6) is 0 Å². The van der Waals surface area contributed by atoms with Gasteiger partial charge in [0.15, 0.2) is 0 Å². The van der Waals surface area contributed by atoms with E-state index >= 15 is 0 Å². The first-order chi connectivity index (χ1) is 6.33. The maximum atomic E-state index is 3.71. The van der Waals surface area contributed by atoms with E-state index in [0.29, 0.717) is 0 Å². The first-order valence-corrected chi connectivity index (χ1v) is 4.66. The number of hydrogen-bond donors (Lipinski definition) is 0. The van der Waals surface area contributed by atoms with Gasteiger partial charge in [-0.15, -0.1) is 6.58 Å². The fourth-order valence-electron chi connectivity index (χ4n) is 1.24. The minimum absolute atomic E-state index is 1.06. The van der Waals surface area contributed by atoms with Crippen LogP contribution in [0.3, 0.4) is 0 Å². The van der Waals surface area contributed by atoms with Crippen molar-refractivity contribution in [2.24, 2.45) is 0 Å². The molecule has 0 aromatic heterocycles. The highest BCUT2D eigenvalue weighted by Gasteiger charge is 1.89. The summed E-state index contributed by atoms with van der Waals surface area (Å²) in [6.45, 7) is 5.88. The molecule has 68 valence electrons. The zero-order valence-corrected chi connectivity index (χ0v) is 8.16. The van der Waals surface area contributed by atoms with Gasteiger partial charge >= 0.3 is 0 Å². The molecule has 0 nitrogen and oxygen atoms in total. The molecule has 0 heterocycles. The second-order valence-electron chi connectivity index (χ2n) is 3.23. The van der Waals surface area contributed by atoms with Gasteiger partial charge in [-0.2, -0.15) is 0 Å². The van der Waals surface area contributed by atoms with Crippen molar-refractivity contribution in [1.82, 2.24) is 0 Å². The molecule has 0 N–H and O–H groups in total. The molecule has 0 bridgehead atoms. The maximum absolute atomic E-state index is 3.71. The minimum atomic E-state index is 1.06. The van der Waals surface area contributed by atoms with Crippen molar-refractivity contribution in [3.05, 3.63) is 54.1 Å². The summed E-state index contributed by atoms with van der Waals surface area (Å²) >= 11 is 0. The molecule has 1 aromatic rings. The predicted octanol–water partition coefficient (Wildman–Crippen LogP) is 4.06. The zero-order chi connectivity index (χ0) is 9.52. The summed E-state index contributed by atoms with van der Waals surface area (Å²) in [7, 11) is 0. The normalized spacial score (nSPS) is 11.3. The average Bonchev–Trinajstić information content (AvgIpc) is 2.16. The van der Waals surface area contributed by atoms with Crippen LogP contribution in [0.25, 0.3) is 6.08 Å². The highest BCUT2D eigenvalue weighted by molar-refractivity contribution is 5.51. The molecule has 0 saturated heterocycles. The third-order valence-electron chi connectivity index (χ3n) is 1.96. The summed E-state index contributed by atoms with van der Waals surface area (Å²) in [5.41, 5.74) is 2.69. The smallest absolute Gasteiger partial charge is 0.0257 e. The van der Waals surface area contributed by atoms with E-state index in [1.807, 2.05) is 12.1 Å². The molecule has 0 heteroatoms. The summed E-state index contributed by atoms with van der Waals surface area (Å²) in [4.78, 5) is 0. The van der Waals surface area contributed by atoms with E-state index in [9.17, 15) is 0 Å². The summed E-state index contributed by atoms with van der Waals surface area (Å²) in [6.07, 6.45) is 6.36. The SMILES string of the molecule is C=CCC/C(C)=C/c1ccccc1. The van der Waals surface area contributed by atoms with Crippen LogP contribution in [0.15, 0.2) is 48.6 Å². The minimum Gasteiger partial charge on any atom is -0.103 e. The molecule has 13 heavy (non-hydrogen) atoms. The predicted molar refractivity (Wildman–Crippen MR) is 59.5 cm³/mol. The molecule has 0 amide bonds. The van der Waals surface area contributed by atoms with Crippen molar-refractivity contribution in [1.29, 1.82) is 0 Å². The number of allylic oxidation sites excluding steroid dienone is 2. The van der Waals surface area contributed by atoms with Crippen LogP contribution in [0.2, 0.25) is 0 Å². The van der Waals surface area contributed by atoms with E-state index < -0.39 is 0 Å².